The van der Waals surface area contributed by atoms with Crippen molar-refractivity contribution in [2.75, 3.05) is 11.9 Å². The molecule has 0 atom stereocenters. The fraction of sp³-hybridized carbons (Fsp3) is 0.467. The summed E-state index contributed by atoms with van der Waals surface area (Å²) in [5, 5.41) is 17.5. The maximum atomic E-state index is 12.8. The molecule has 3 aromatic rings. The highest BCUT2D eigenvalue weighted by molar-refractivity contribution is 7.09. The third-order valence-corrected chi connectivity index (χ3v) is 4.68. The first kappa shape index (κ1) is 16.7. The van der Waals surface area contributed by atoms with Crippen LogP contribution >= 0.6 is 11.3 Å². The molecule has 0 aliphatic carbocycles. The molecule has 0 fully saturated rings. The van der Waals surface area contributed by atoms with Crippen LogP contribution in [-0.4, -0.2) is 31.3 Å². The van der Waals surface area contributed by atoms with Crippen LogP contribution in [0.1, 0.15) is 43.7 Å². The van der Waals surface area contributed by atoms with Gasteiger partial charge in [0, 0.05) is 23.8 Å². The van der Waals surface area contributed by atoms with Crippen LogP contribution < -0.4 is 5.32 Å². The first-order valence-electron chi connectivity index (χ1n) is 7.54. The van der Waals surface area contributed by atoms with E-state index in [-0.39, 0.29) is 5.41 Å². The number of rotatable bonds is 5. The van der Waals surface area contributed by atoms with Gasteiger partial charge in [-0.1, -0.05) is 20.8 Å². The monoisotopic (exact) mass is 352 g/mol. The summed E-state index contributed by atoms with van der Waals surface area (Å²) in [7, 11) is 0. The summed E-state index contributed by atoms with van der Waals surface area (Å²) in [6.07, 6.45) is -1.98. The topological polar surface area (TPSA) is 68.0 Å². The number of hydrogen-bond acceptors (Lipinski definition) is 6. The molecule has 0 unspecified atom stereocenters. The predicted molar refractivity (Wildman–Crippen MR) is 88.7 cm³/mol. The fourth-order valence-electron chi connectivity index (χ4n) is 2.12. The lowest BCUT2D eigenvalue weighted by Gasteiger charge is -2.13. The van der Waals surface area contributed by atoms with E-state index in [1.165, 1.54) is 0 Å². The van der Waals surface area contributed by atoms with Crippen LogP contribution in [0.5, 0.6) is 0 Å². The lowest BCUT2D eigenvalue weighted by molar-refractivity contribution is 0.137. The number of halogens is 2. The molecule has 1 N–H and O–H groups in total. The first-order valence-corrected chi connectivity index (χ1v) is 8.42. The number of aromatic nitrogens is 5. The van der Waals surface area contributed by atoms with E-state index in [0.29, 0.717) is 18.0 Å². The number of hydrogen-bond donors (Lipinski definition) is 1. The van der Waals surface area contributed by atoms with Gasteiger partial charge >= 0.3 is 0 Å². The number of alkyl halides is 2. The van der Waals surface area contributed by atoms with Crippen LogP contribution in [0.3, 0.4) is 0 Å². The van der Waals surface area contributed by atoms with Gasteiger partial charge in [-0.15, -0.1) is 26.6 Å². The van der Waals surface area contributed by atoms with E-state index in [1.54, 1.807) is 23.5 Å². The number of nitrogens with one attached hydrogen (secondary N) is 1. The molecule has 0 aromatic carbocycles. The van der Waals surface area contributed by atoms with Crippen LogP contribution in [0.4, 0.5) is 14.6 Å². The average Bonchev–Trinajstić information content (AvgIpc) is 3.12. The van der Waals surface area contributed by atoms with Gasteiger partial charge in [0.1, 0.15) is 5.82 Å². The van der Waals surface area contributed by atoms with Gasteiger partial charge in [0.25, 0.3) is 6.43 Å². The molecule has 0 aliphatic heterocycles. The number of anilines is 1. The number of nitrogens with zero attached hydrogens (tertiary/aromatic N) is 5. The van der Waals surface area contributed by atoms with Crippen molar-refractivity contribution >= 4 is 22.8 Å². The fourth-order valence-corrected chi connectivity index (χ4v) is 3.06. The second-order valence-corrected chi connectivity index (χ2v) is 7.28. The van der Waals surface area contributed by atoms with Crippen LogP contribution in [0, 0.1) is 0 Å². The molecule has 24 heavy (non-hydrogen) atoms. The molecule has 3 aromatic heterocycles. The largest absolute Gasteiger partial charge is 0.368 e. The van der Waals surface area contributed by atoms with Crippen molar-refractivity contribution in [3.63, 3.8) is 0 Å². The van der Waals surface area contributed by atoms with Crippen LogP contribution in [0.2, 0.25) is 0 Å². The minimum absolute atomic E-state index is 0.0447. The Morgan fingerprint density at radius 2 is 2.04 bits per heavy atom. The van der Waals surface area contributed by atoms with Gasteiger partial charge < -0.3 is 5.32 Å². The highest BCUT2D eigenvalue weighted by Crippen LogP contribution is 2.25. The van der Waals surface area contributed by atoms with Gasteiger partial charge in [-0.05, 0) is 12.1 Å². The Morgan fingerprint density at radius 3 is 2.71 bits per heavy atom. The molecule has 0 saturated heterocycles. The highest BCUT2D eigenvalue weighted by Gasteiger charge is 2.18. The Labute approximate surface area is 141 Å². The zero-order valence-electron chi connectivity index (χ0n) is 13.6. The molecule has 0 aliphatic rings. The number of fused-ring (bicyclic) bond motifs is 1. The minimum atomic E-state index is -2.71. The first-order chi connectivity index (χ1) is 11.3. The Balaban J connectivity index is 1.65. The SMILES string of the molecule is CC(C)(C)c1nc(CCNc2ccc3nnc(C(F)F)n3n2)cs1. The molecule has 0 bridgehead atoms. The Hall–Kier alpha value is -2.16. The second kappa shape index (κ2) is 6.39. The van der Waals surface area contributed by atoms with E-state index in [9.17, 15) is 8.78 Å². The maximum Gasteiger partial charge on any atom is 0.299 e. The van der Waals surface area contributed by atoms with E-state index in [0.717, 1.165) is 21.6 Å². The minimum Gasteiger partial charge on any atom is -0.368 e. The van der Waals surface area contributed by atoms with Crippen molar-refractivity contribution in [1.29, 1.82) is 0 Å². The van der Waals surface area contributed by atoms with E-state index in [4.69, 9.17) is 0 Å². The molecule has 3 rings (SSSR count). The maximum absolute atomic E-state index is 12.8. The zero-order chi connectivity index (χ0) is 17.3. The predicted octanol–water partition coefficient (Wildman–Crippen LogP) is 3.47. The average molecular weight is 352 g/mol. The Kier molecular flexibility index (Phi) is 4.44. The number of thiazole rings is 1. The third kappa shape index (κ3) is 3.50. The standard InChI is InChI=1S/C15H18F2N6S/c1-15(2,3)14-19-9(8-24-14)6-7-18-10-4-5-11-20-21-13(12(16)17)23(11)22-10/h4-5,8,12H,6-7H2,1-3H3,(H,18,22). The molecule has 0 radical (unpaired) electrons. The van der Waals surface area contributed by atoms with Gasteiger partial charge in [0.2, 0.25) is 5.82 Å². The normalized spacial score (nSPS) is 12.2. The Bertz CT molecular complexity index is 836. The quantitative estimate of drug-likeness (QED) is 0.761. The summed E-state index contributed by atoms with van der Waals surface area (Å²) >= 11 is 1.65. The summed E-state index contributed by atoms with van der Waals surface area (Å²) in [6.45, 7) is 7.00. The van der Waals surface area contributed by atoms with Crippen LogP contribution in [0.25, 0.3) is 5.65 Å². The van der Waals surface area contributed by atoms with E-state index in [2.05, 4.69) is 46.4 Å². The molecule has 128 valence electrons. The van der Waals surface area contributed by atoms with Crippen molar-refractivity contribution in [1.82, 2.24) is 24.8 Å². The van der Waals surface area contributed by atoms with E-state index < -0.39 is 12.2 Å². The molecular formula is C15H18F2N6S. The molecule has 0 amide bonds. The van der Waals surface area contributed by atoms with Gasteiger partial charge in [-0.25, -0.2) is 13.8 Å². The van der Waals surface area contributed by atoms with Gasteiger partial charge in [0.05, 0.1) is 10.7 Å². The molecule has 3 heterocycles. The third-order valence-electron chi connectivity index (χ3n) is 3.36. The van der Waals surface area contributed by atoms with Crippen molar-refractivity contribution in [2.45, 2.75) is 39.0 Å². The molecule has 0 saturated carbocycles. The van der Waals surface area contributed by atoms with Crippen LogP contribution in [0.15, 0.2) is 17.5 Å². The Morgan fingerprint density at radius 1 is 1.25 bits per heavy atom. The van der Waals surface area contributed by atoms with E-state index >= 15 is 0 Å². The summed E-state index contributed by atoms with van der Waals surface area (Å²) in [5.74, 6) is 0.0402. The van der Waals surface area contributed by atoms with Crippen molar-refractivity contribution in [3.8, 4) is 0 Å². The second-order valence-electron chi connectivity index (χ2n) is 6.42. The smallest absolute Gasteiger partial charge is 0.299 e. The van der Waals surface area contributed by atoms with Gasteiger partial charge in [-0.3, -0.25) is 0 Å². The van der Waals surface area contributed by atoms with Crippen molar-refractivity contribution in [2.24, 2.45) is 0 Å². The summed E-state index contributed by atoms with van der Waals surface area (Å²) in [5.41, 5.74) is 1.35. The summed E-state index contributed by atoms with van der Waals surface area (Å²) < 4.78 is 26.7. The highest BCUT2D eigenvalue weighted by atomic mass is 32.1. The van der Waals surface area contributed by atoms with Crippen molar-refractivity contribution < 1.29 is 8.78 Å². The van der Waals surface area contributed by atoms with Gasteiger partial charge in [0.15, 0.2) is 5.65 Å². The molecule has 6 nitrogen and oxygen atoms in total. The lowest BCUT2D eigenvalue weighted by atomic mass is 9.98. The molecular weight excluding hydrogens is 334 g/mol. The molecule has 0 spiro atoms. The van der Waals surface area contributed by atoms with Gasteiger partial charge in [-0.2, -0.15) is 4.52 Å². The van der Waals surface area contributed by atoms with Crippen LogP contribution in [-0.2, 0) is 11.8 Å². The zero-order valence-corrected chi connectivity index (χ0v) is 14.4. The van der Waals surface area contributed by atoms with Crippen molar-refractivity contribution in [3.05, 3.63) is 34.0 Å². The summed E-state index contributed by atoms with van der Waals surface area (Å²) in [4.78, 5) is 4.63. The lowest BCUT2D eigenvalue weighted by Crippen LogP contribution is -2.12. The molecule has 9 heteroatoms. The van der Waals surface area contributed by atoms with E-state index in [1.807, 2.05) is 5.38 Å². The summed E-state index contributed by atoms with van der Waals surface area (Å²) in [6, 6.07) is 3.30.